The molecule has 3 atom stereocenters. The summed E-state index contributed by atoms with van der Waals surface area (Å²) in [4.78, 5) is 6.31. The summed E-state index contributed by atoms with van der Waals surface area (Å²) in [5.41, 5.74) is 6.22. The van der Waals surface area contributed by atoms with Crippen molar-refractivity contribution in [1.82, 2.24) is 9.80 Å². The van der Waals surface area contributed by atoms with Crippen LogP contribution in [0.25, 0.3) is 0 Å². The van der Waals surface area contributed by atoms with Crippen LogP contribution in [-0.4, -0.2) is 49.1 Å². The number of likely N-dealkylation sites (tertiary alicyclic amines) is 1. The van der Waals surface area contributed by atoms with Gasteiger partial charge >= 0.3 is 0 Å². The smallest absolute Gasteiger partial charge is 0.0591 e. The summed E-state index contributed by atoms with van der Waals surface area (Å²) >= 11 is 1.82. The van der Waals surface area contributed by atoms with E-state index in [1.54, 1.807) is 0 Å². The van der Waals surface area contributed by atoms with Gasteiger partial charge in [-0.2, -0.15) is 0 Å². The van der Waals surface area contributed by atoms with E-state index in [-0.39, 0.29) is 6.04 Å². The highest BCUT2D eigenvalue weighted by Crippen LogP contribution is 2.30. The van der Waals surface area contributed by atoms with Gasteiger partial charge in [0.1, 0.15) is 0 Å². The van der Waals surface area contributed by atoms with E-state index in [4.69, 9.17) is 5.73 Å². The Balaban J connectivity index is 2.10. The van der Waals surface area contributed by atoms with Gasteiger partial charge in [-0.25, -0.2) is 0 Å². The lowest BCUT2D eigenvalue weighted by Crippen LogP contribution is -2.49. The van der Waals surface area contributed by atoms with E-state index < -0.39 is 0 Å². The Morgan fingerprint density at radius 2 is 2.33 bits per heavy atom. The average Bonchev–Trinajstić information content (AvgIpc) is 2.82. The molecular formula is C14H25N3S. The maximum atomic E-state index is 6.22. The Morgan fingerprint density at radius 3 is 2.89 bits per heavy atom. The van der Waals surface area contributed by atoms with Gasteiger partial charge < -0.3 is 10.6 Å². The Hall–Kier alpha value is -0.420. The minimum absolute atomic E-state index is 0.167. The van der Waals surface area contributed by atoms with E-state index in [0.717, 1.165) is 6.54 Å². The molecule has 0 spiro atoms. The van der Waals surface area contributed by atoms with E-state index in [9.17, 15) is 0 Å². The van der Waals surface area contributed by atoms with Crippen molar-refractivity contribution in [1.29, 1.82) is 0 Å². The van der Waals surface area contributed by atoms with Crippen molar-refractivity contribution in [3.63, 3.8) is 0 Å². The van der Waals surface area contributed by atoms with Crippen LogP contribution in [0.4, 0.5) is 0 Å². The first-order chi connectivity index (χ1) is 8.59. The SMILES string of the molecule is CC(N)C(c1cccs1)N(C)C1CCCN(C)C1. The van der Waals surface area contributed by atoms with Crippen LogP contribution in [-0.2, 0) is 0 Å². The van der Waals surface area contributed by atoms with Gasteiger partial charge in [0, 0.05) is 23.5 Å². The first-order valence-electron chi connectivity index (χ1n) is 6.79. The van der Waals surface area contributed by atoms with Crippen LogP contribution in [0, 0.1) is 0 Å². The van der Waals surface area contributed by atoms with E-state index in [0.29, 0.717) is 12.1 Å². The number of hydrogen-bond donors (Lipinski definition) is 1. The molecule has 1 aliphatic rings. The van der Waals surface area contributed by atoms with Crippen molar-refractivity contribution in [3.05, 3.63) is 22.4 Å². The molecule has 1 aliphatic heterocycles. The van der Waals surface area contributed by atoms with Gasteiger partial charge in [0.05, 0.1) is 6.04 Å². The maximum absolute atomic E-state index is 6.22. The molecule has 3 nitrogen and oxygen atoms in total. The fourth-order valence-electron chi connectivity index (χ4n) is 2.99. The zero-order chi connectivity index (χ0) is 13.1. The summed E-state index contributed by atoms with van der Waals surface area (Å²) in [6, 6.07) is 5.47. The molecule has 18 heavy (non-hydrogen) atoms. The number of thiophene rings is 1. The Morgan fingerprint density at radius 1 is 1.56 bits per heavy atom. The van der Waals surface area contributed by atoms with Crippen LogP contribution in [0.15, 0.2) is 17.5 Å². The minimum Gasteiger partial charge on any atom is -0.326 e. The van der Waals surface area contributed by atoms with Crippen LogP contribution >= 0.6 is 11.3 Å². The lowest BCUT2D eigenvalue weighted by Gasteiger charge is -2.41. The van der Waals surface area contributed by atoms with Crippen molar-refractivity contribution < 1.29 is 0 Å². The van der Waals surface area contributed by atoms with Crippen molar-refractivity contribution >= 4 is 11.3 Å². The standard InChI is InChI=1S/C14H25N3S/c1-11(15)14(13-7-5-9-18-13)17(3)12-6-4-8-16(2)10-12/h5,7,9,11-12,14H,4,6,8,10,15H2,1-3H3. The van der Waals surface area contributed by atoms with Gasteiger partial charge in [0.25, 0.3) is 0 Å². The van der Waals surface area contributed by atoms with Gasteiger partial charge in [0.2, 0.25) is 0 Å². The summed E-state index contributed by atoms with van der Waals surface area (Å²) in [6.45, 7) is 4.50. The third-order valence-corrected chi connectivity index (χ3v) is 4.89. The molecule has 0 aromatic carbocycles. The van der Waals surface area contributed by atoms with Crippen LogP contribution in [0.3, 0.4) is 0 Å². The minimum atomic E-state index is 0.167. The van der Waals surface area contributed by atoms with Gasteiger partial charge in [-0.3, -0.25) is 4.90 Å². The molecule has 0 saturated carbocycles. The zero-order valence-corrected chi connectivity index (χ0v) is 12.5. The van der Waals surface area contributed by atoms with Crippen LogP contribution in [0.5, 0.6) is 0 Å². The van der Waals surface area contributed by atoms with E-state index in [1.165, 1.54) is 24.3 Å². The summed E-state index contributed by atoms with van der Waals surface area (Å²) in [5.74, 6) is 0. The number of hydrogen-bond acceptors (Lipinski definition) is 4. The molecule has 1 aromatic heterocycles. The lowest BCUT2D eigenvalue weighted by atomic mass is 10.00. The Bertz CT molecular complexity index is 350. The Kier molecular flexibility index (Phi) is 4.78. The van der Waals surface area contributed by atoms with Crippen LogP contribution in [0.1, 0.15) is 30.7 Å². The van der Waals surface area contributed by atoms with Crippen LogP contribution in [0.2, 0.25) is 0 Å². The fourth-order valence-corrected chi connectivity index (χ4v) is 3.98. The molecule has 0 amide bonds. The molecule has 1 fully saturated rings. The van der Waals surface area contributed by atoms with Crippen molar-refractivity contribution in [3.8, 4) is 0 Å². The summed E-state index contributed by atoms with van der Waals surface area (Å²) < 4.78 is 0. The van der Waals surface area contributed by atoms with Gasteiger partial charge in [-0.15, -0.1) is 11.3 Å². The third-order valence-electron chi connectivity index (χ3n) is 3.95. The highest BCUT2D eigenvalue weighted by molar-refractivity contribution is 7.10. The van der Waals surface area contributed by atoms with Crippen molar-refractivity contribution in [2.45, 2.75) is 37.9 Å². The average molecular weight is 267 g/mol. The zero-order valence-electron chi connectivity index (χ0n) is 11.7. The van der Waals surface area contributed by atoms with E-state index >= 15 is 0 Å². The monoisotopic (exact) mass is 267 g/mol. The van der Waals surface area contributed by atoms with Crippen LogP contribution < -0.4 is 5.73 Å². The van der Waals surface area contributed by atoms with E-state index in [1.807, 2.05) is 11.3 Å². The number of nitrogens with zero attached hydrogens (tertiary/aromatic N) is 2. The first-order valence-corrected chi connectivity index (χ1v) is 7.67. The molecule has 2 heterocycles. The third kappa shape index (κ3) is 3.12. The predicted octanol–water partition coefficient (Wildman–Crippen LogP) is 2.16. The Labute approximate surface area is 115 Å². The highest BCUT2D eigenvalue weighted by Gasteiger charge is 2.29. The molecule has 2 N–H and O–H groups in total. The molecular weight excluding hydrogens is 242 g/mol. The first kappa shape index (κ1) is 14.0. The quantitative estimate of drug-likeness (QED) is 0.907. The summed E-state index contributed by atoms with van der Waals surface area (Å²) in [6.07, 6.45) is 2.58. The highest BCUT2D eigenvalue weighted by atomic mass is 32.1. The molecule has 2 rings (SSSR count). The normalized spacial score (nSPS) is 25.3. The fraction of sp³-hybridized carbons (Fsp3) is 0.714. The number of rotatable bonds is 4. The van der Waals surface area contributed by atoms with Gasteiger partial charge in [0.15, 0.2) is 0 Å². The second-order valence-electron chi connectivity index (χ2n) is 5.54. The van der Waals surface area contributed by atoms with Crippen molar-refractivity contribution in [2.75, 3.05) is 27.2 Å². The molecule has 0 aliphatic carbocycles. The number of likely N-dealkylation sites (N-methyl/N-ethyl adjacent to an activating group) is 2. The molecule has 1 aromatic rings. The molecule has 3 unspecified atom stereocenters. The lowest BCUT2D eigenvalue weighted by molar-refractivity contribution is 0.0907. The van der Waals surface area contributed by atoms with Gasteiger partial charge in [-0.1, -0.05) is 6.07 Å². The van der Waals surface area contributed by atoms with Crippen molar-refractivity contribution in [2.24, 2.45) is 5.73 Å². The second kappa shape index (κ2) is 6.15. The number of nitrogens with two attached hydrogens (primary N) is 1. The molecule has 4 heteroatoms. The molecule has 102 valence electrons. The van der Waals surface area contributed by atoms with E-state index in [2.05, 4.69) is 48.3 Å². The molecule has 1 saturated heterocycles. The topological polar surface area (TPSA) is 32.5 Å². The predicted molar refractivity (Wildman–Crippen MR) is 79.0 cm³/mol. The summed E-state index contributed by atoms with van der Waals surface area (Å²) in [7, 11) is 4.45. The van der Waals surface area contributed by atoms with Gasteiger partial charge in [-0.05, 0) is 51.9 Å². The summed E-state index contributed by atoms with van der Waals surface area (Å²) in [5, 5.41) is 2.14. The largest absolute Gasteiger partial charge is 0.326 e. The maximum Gasteiger partial charge on any atom is 0.0591 e. The second-order valence-corrected chi connectivity index (χ2v) is 6.52. The molecule has 0 radical (unpaired) electrons. The molecule has 0 bridgehead atoms. The number of piperidine rings is 1.